The normalized spacial score (nSPS) is 10.7. The lowest BCUT2D eigenvalue weighted by molar-refractivity contribution is -0.681. The first-order valence-electron chi connectivity index (χ1n) is 6.39. The molecule has 0 atom stereocenters. The van der Waals surface area contributed by atoms with E-state index in [2.05, 4.69) is 0 Å². The summed E-state index contributed by atoms with van der Waals surface area (Å²) >= 11 is 6.26. The van der Waals surface area contributed by atoms with Crippen LogP contribution in [0.1, 0.15) is 10.4 Å². The maximum absolute atomic E-state index is 12.2. The summed E-state index contributed by atoms with van der Waals surface area (Å²) in [6.45, 7) is 0.286. The van der Waals surface area contributed by atoms with Gasteiger partial charge in [0.05, 0.1) is 0 Å². The molecule has 0 aliphatic heterocycles. The zero-order chi connectivity index (χ0) is 13.9. The van der Waals surface area contributed by atoms with Gasteiger partial charge in [-0.2, -0.15) is 4.57 Å². The van der Waals surface area contributed by atoms with Gasteiger partial charge in [0.1, 0.15) is 5.02 Å². The largest absolute Gasteiger partial charge is 0.287 e. The lowest BCUT2D eigenvalue weighted by Crippen LogP contribution is -2.37. The average Bonchev–Trinajstić information content (AvgIpc) is 2.48. The van der Waals surface area contributed by atoms with Gasteiger partial charge in [0.15, 0.2) is 12.4 Å². The van der Waals surface area contributed by atoms with Crippen LogP contribution in [0.5, 0.6) is 0 Å². The molecule has 2 nitrogen and oxygen atoms in total. The maximum atomic E-state index is 12.2. The summed E-state index contributed by atoms with van der Waals surface area (Å²) in [6, 6.07) is 17.2. The molecule has 20 heavy (non-hydrogen) atoms. The van der Waals surface area contributed by atoms with E-state index < -0.39 is 0 Å². The van der Waals surface area contributed by atoms with Gasteiger partial charge >= 0.3 is 0 Å². The van der Waals surface area contributed by atoms with Crippen molar-refractivity contribution >= 4 is 28.2 Å². The van der Waals surface area contributed by atoms with E-state index in [-0.39, 0.29) is 12.3 Å². The van der Waals surface area contributed by atoms with E-state index in [1.807, 2.05) is 65.4 Å². The molecule has 0 saturated carbocycles. The van der Waals surface area contributed by atoms with Crippen LogP contribution in [0.15, 0.2) is 67.0 Å². The van der Waals surface area contributed by atoms with Crippen LogP contribution >= 0.6 is 11.6 Å². The number of benzene rings is 2. The van der Waals surface area contributed by atoms with Gasteiger partial charge in [-0.1, -0.05) is 60.1 Å². The number of fused-ring (bicyclic) bond motifs is 1. The molecule has 2 aromatic carbocycles. The molecule has 0 unspecified atom stereocenters. The topological polar surface area (TPSA) is 20.9 Å². The number of rotatable bonds is 3. The summed E-state index contributed by atoms with van der Waals surface area (Å²) < 4.78 is 1.83. The highest BCUT2D eigenvalue weighted by Crippen LogP contribution is 2.20. The molecule has 3 rings (SSSR count). The Hall–Kier alpha value is -2.19. The van der Waals surface area contributed by atoms with Gasteiger partial charge in [-0.05, 0) is 6.07 Å². The van der Waals surface area contributed by atoms with Crippen molar-refractivity contribution in [3.63, 3.8) is 0 Å². The van der Waals surface area contributed by atoms with Gasteiger partial charge in [-0.15, -0.1) is 0 Å². The van der Waals surface area contributed by atoms with Crippen molar-refractivity contribution in [2.45, 2.75) is 6.54 Å². The van der Waals surface area contributed by atoms with E-state index >= 15 is 0 Å². The summed E-state index contributed by atoms with van der Waals surface area (Å²) in [7, 11) is 0. The standard InChI is InChI=1S/C17H13ClNO/c18-16-11-19(10-14-8-4-5-9-15(14)16)12-17(20)13-6-2-1-3-7-13/h1-11H,12H2/q+1. The van der Waals surface area contributed by atoms with E-state index in [4.69, 9.17) is 11.6 Å². The Morgan fingerprint density at radius 3 is 2.45 bits per heavy atom. The quantitative estimate of drug-likeness (QED) is 0.530. The minimum atomic E-state index is 0.0712. The molecule has 0 aliphatic rings. The molecule has 0 radical (unpaired) electrons. The zero-order valence-electron chi connectivity index (χ0n) is 10.8. The molecular weight excluding hydrogens is 270 g/mol. The van der Waals surface area contributed by atoms with E-state index in [0.29, 0.717) is 10.6 Å². The second-order valence-corrected chi connectivity index (χ2v) is 5.06. The highest BCUT2D eigenvalue weighted by atomic mass is 35.5. The van der Waals surface area contributed by atoms with Crippen molar-refractivity contribution in [3.05, 3.63) is 77.6 Å². The van der Waals surface area contributed by atoms with Crippen molar-refractivity contribution in [3.8, 4) is 0 Å². The van der Waals surface area contributed by atoms with Crippen molar-refractivity contribution in [1.82, 2.24) is 0 Å². The van der Waals surface area contributed by atoms with E-state index in [1.165, 1.54) is 0 Å². The fraction of sp³-hybridized carbons (Fsp3) is 0.0588. The van der Waals surface area contributed by atoms with E-state index in [1.54, 1.807) is 6.20 Å². The third-order valence-electron chi connectivity index (χ3n) is 3.22. The van der Waals surface area contributed by atoms with Crippen LogP contribution in [0.3, 0.4) is 0 Å². The molecule has 0 aliphatic carbocycles. The molecule has 0 fully saturated rings. The predicted octanol–water partition coefficient (Wildman–Crippen LogP) is 3.66. The number of carbonyl (C=O) groups is 1. The van der Waals surface area contributed by atoms with Crippen molar-refractivity contribution in [2.24, 2.45) is 0 Å². The van der Waals surface area contributed by atoms with Crippen LogP contribution in [-0.2, 0) is 6.54 Å². The molecule has 0 bridgehead atoms. The Morgan fingerprint density at radius 2 is 1.65 bits per heavy atom. The number of hydrogen-bond acceptors (Lipinski definition) is 1. The van der Waals surface area contributed by atoms with Gasteiger partial charge in [0.25, 0.3) is 0 Å². The van der Waals surface area contributed by atoms with Gasteiger partial charge in [-0.3, -0.25) is 4.79 Å². The number of ketones is 1. The maximum Gasteiger partial charge on any atom is 0.227 e. The Kier molecular flexibility index (Phi) is 3.48. The molecule has 98 valence electrons. The molecule has 0 saturated heterocycles. The minimum Gasteiger partial charge on any atom is -0.287 e. The van der Waals surface area contributed by atoms with Gasteiger partial charge in [0.2, 0.25) is 12.3 Å². The van der Waals surface area contributed by atoms with E-state index in [9.17, 15) is 4.79 Å². The van der Waals surface area contributed by atoms with Gasteiger partial charge in [-0.25, -0.2) is 0 Å². The summed E-state index contributed by atoms with van der Waals surface area (Å²) in [6.07, 6.45) is 3.74. The first kappa shape index (κ1) is 12.8. The molecule has 1 aromatic heterocycles. The highest BCUT2D eigenvalue weighted by Gasteiger charge is 2.14. The fourth-order valence-electron chi connectivity index (χ4n) is 2.23. The zero-order valence-corrected chi connectivity index (χ0v) is 11.5. The van der Waals surface area contributed by atoms with Crippen LogP contribution in [0.4, 0.5) is 0 Å². The fourth-order valence-corrected chi connectivity index (χ4v) is 2.53. The predicted molar refractivity (Wildman–Crippen MR) is 79.9 cm³/mol. The summed E-state index contributed by atoms with van der Waals surface area (Å²) in [5.41, 5.74) is 0.712. The number of pyridine rings is 1. The molecule has 0 amide bonds. The van der Waals surface area contributed by atoms with Crippen molar-refractivity contribution in [2.75, 3.05) is 0 Å². The van der Waals surface area contributed by atoms with Crippen LogP contribution in [0.25, 0.3) is 10.8 Å². The number of carbonyl (C=O) groups excluding carboxylic acids is 1. The Balaban J connectivity index is 1.94. The molecule has 1 heterocycles. The summed E-state index contributed by atoms with van der Waals surface area (Å²) in [5, 5.41) is 2.68. The highest BCUT2D eigenvalue weighted by molar-refractivity contribution is 6.35. The number of nitrogens with zero attached hydrogens (tertiary/aromatic N) is 1. The third-order valence-corrected chi connectivity index (χ3v) is 3.53. The number of aromatic nitrogens is 1. The smallest absolute Gasteiger partial charge is 0.227 e. The summed E-state index contributed by atoms with van der Waals surface area (Å²) in [4.78, 5) is 12.2. The minimum absolute atomic E-state index is 0.0712. The monoisotopic (exact) mass is 282 g/mol. The second-order valence-electron chi connectivity index (χ2n) is 4.65. The number of hydrogen-bond donors (Lipinski definition) is 0. The summed E-state index contributed by atoms with van der Waals surface area (Å²) in [5.74, 6) is 0.0712. The van der Waals surface area contributed by atoms with Gasteiger partial charge < -0.3 is 0 Å². The number of Topliss-reactive ketones (excluding diaryl/α,β-unsaturated/α-hetero) is 1. The first-order chi connectivity index (χ1) is 9.74. The third kappa shape index (κ3) is 2.56. The van der Waals surface area contributed by atoms with Crippen LogP contribution in [0, 0.1) is 0 Å². The van der Waals surface area contributed by atoms with Crippen molar-refractivity contribution < 1.29 is 9.36 Å². The number of halogens is 1. The molecule has 3 heteroatoms. The lowest BCUT2D eigenvalue weighted by atomic mass is 10.1. The average molecular weight is 283 g/mol. The lowest BCUT2D eigenvalue weighted by Gasteiger charge is -2.01. The molecule has 0 spiro atoms. The Bertz CT molecular complexity index is 768. The second kappa shape index (κ2) is 5.43. The van der Waals surface area contributed by atoms with Crippen LogP contribution in [-0.4, -0.2) is 5.78 Å². The molecule has 3 aromatic rings. The molecule has 0 N–H and O–H groups in total. The molecular formula is C17H13ClNO+. The Morgan fingerprint density at radius 1 is 0.950 bits per heavy atom. The first-order valence-corrected chi connectivity index (χ1v) is 6.77. The van der Waals surface area contributed by atoms with Crippen LogP contribution in [0.2, 0.25) is 5.02 Å². The Labute approximate surface area is 122 Å². The van der Waals surface area contributed by atoms with Gasteiger partial charge in [0, 0.05) is 16.3 Å². The SMILES string of the molecule is O=C(C[n+]1cc(Cl)c2ccccc2c1)c1ccccc1. The van der Waals surface area contributed by atoms with E-state index in [0.717, 1.165) is 10.8 Å². The van der Waals surface area contributed by atoms with Crippen LogP contribution < -0.4 is 4.57 Å². The van der Waals surface area contributed by atoms with Crippen molar-refractivity contribution in [1.29, 1.82) is 0 Å².